The molecule has 0 saturated carbocycles. The normalized spacial score (nSPS) is 17.2. The van der Waals surface area contributed by atoms with Gasteiger partial charge in [-0.15, -0.1) is 0 Å². The summed E-state index contributed by atoms with van der Waals surface area (Å²) in [5.41, 5.74) is 1.94. The number of rotatable bonds is 2. The lowest BCUT2D eigenvalue weighted by atomic mass is 10.1. The second-order valence-corrected chi connectivity index (χ2v) is 6.80. The van der Waals surface area contributed by atoms with Crippen LogP contribution in [-0.4, -0.2) is 36.7 Å². The second kappa shape index (κ2) is 6.09. The number of aryl methyl sites for hydroxylation is 2. The van der Waals surface area contributed by atoms with E-state index in [0.717, 1.165) is 18.5 Å². The molecule has 7 nitrogen and oxygen atoms in total. The van der Waals surface area contributed by atoms with Crippen molar-refractivity contribution in [3.63, 3.8) is 0 Å². The summed E-state index contributed by atoms with van der Waals surface area (Å²) in [7, 11) is 3.55. The quantitative estimate of drug-likeness (QED) is 0.707. The van der Waals surface area contributed by atoms with Crippen molar-refractivity contribution >= 4 is 16.8 Å². The molecule has 1 saturated heterocycles. The van der Waals surface area contributed by atoms with Gasteiger partial charge in [0.1, 0.15) is 5.82 Å². The SMILES string of the molecule is Cc1cc(C(=O)N2CCCC2c2nc3ccccc3c(=O)n2C)nn1C. The van der Waals surface area contributed by atoms with Gasteiger partial charge in [0.25, 0.3) is 11.5 Å². The third-order valence-electron chi connectivity index (χ3n) is 5.16. The monoisotopic (exact) mass is 351 g/mol. The summed E-state index contributed by atoms with van der Waals surface area (Å²) in [4.78, 5) is 32.2. The largest absolute Gasteiger partial charge is 0.327 e. The van der Waals surface area contributed by atoms with Crippen LogP contribution in [0.3, 0.4) is 0 Å². The first-order valence-corrected chi connectivity index (χ1v) is 8.74. The van der Waals surface area contributed by atoms with E-state index >= 15 is 0 Å². The third-order valence-corrected chi connectivity index (χ3v) is 5.16. The smallest absolute Gasteiger partial charge is 0.274 e. The molecule has 4 rings (SSSR count). The number of likely N-dealkylation sites (tertiary alicyclic amines) is 1. The summed E-state index contributed by atoms with van der Waals surface area (Å²) in [5, 5.41) is 4.90. The Kier molecular flexibility index (Phi) is 3.86. The number of para-hydroxylation sites is 1. The zero-order valence-corrected chi connectivity index (χ0v) is 15.1. The van der Waals surface area contributed by atoms with Gasteiger partial charge in [-0.1, -0.05) is 12.1 Å². The van der Waals surface area contributed by atoms with Crippen molar-refractivity contribution in [2.75, 3.05) is 6.54 Å². The topological polar surface area (TPSA) is 73.0 Å². The van der Waals surface area contributed by atoms with Gasteiger partial charge in [0.2, 0.25) is 0 Å². The molecule has 1 aromatic carbocycles. The fraction of sp³-hybridized carbons (Fsp3) is 0.368. The molecular formula is C19H21N5O2. The van der Waals surface area contributed by atoms with Crippen LogP contribution in [-0.2, 0) is 14.1 Å². The molecule has 0 aliphatic carbocycles. The maximum Gasteiger partial charge on any atom is 0.274 e. The number of carbonyl (C=O) groups excluding carboxylic acids is 1. The first-order valence-electron chi connectivity index (χ1n) is 8.74. The van der Waals surface area contributed by atoms with Crippen molar-refractivity contribution in [3.05, 3.63) is 57.9 Å². The predicted octanol–water partition coefficient (Wildman–Crippen LogP) is 1.95. The maximum atomic E-state index is 13.0. The van der Waals surface area contributed by atoms with Crippen LogP contribution in [0.4, 0.5) is 0 Å². The van der Waals surface area contributed by atoms with E-state index in [2.05, 4.69) is 5.10 Å². The summed E-state index contributed by atoms with van der Waals surface area (Å²) < 4.78 is 3.27. The third kappa shape index (κ3) is 2.51. The molecule has 134 valence electrons. The molecule has 7 heteroatoms. The first-order chi connectivity index (χ1) is 12.5. The van der Waals surface area contributed by atoms with E-state index in [4.69, 9.17) is 4.98 Å². The minimum absolute atomic E-state index is 0.0846. The van der Waals surface area contributed by atoms with E-state index < -0.39 is 0 Å². The van der Waals surface area contributed by atoms with Crippen LogP contribution in [0, 0.1) is 6.92 Å². The number of benzene rings is 1. The van der Waals surface area contributed by atoms with Gasteiger partial charge >= 0.3 is 0 Å². The molecule has 3 aromatic rings. The van der Waals surface area contributed by atoms with Gasteiger partial charge in [-0.2, -0.15) is 5.10 Å². The van der Waals surface area contributed by atoms with Gasteiger partial charge in [0, 0.05) is 26.3 Å². The molecule has 3 heterocycles. The highest BCUT2D eigenvalue weighted by atomic mass is 16.2. The first kappa shape index (κ1) is 16.5. The highest BCUT2D eigenvalue weighted by Gasteiger charge is 2.34. The zero-order valence-electron chi connectivity index (χ0n) is 15.1. The van der Waals surface area contributed by atoms with E-state index in [-0.39, 0.29) is 17.5 Å². The van der Waals surface area contributed by atoms with Gasteiger partial charge in [0.05, 0.1) is 16.9 Å². The number of amides is 1. The maximum absolute atomic E-state index is 13.0. The minimum Gasteiger partial charge on any atom is -0.327 e. The van der Waals surface area contributed by atoms with Crippen molar-refractivity contribution in [2.24, 2.45) is 14.1 Å². The van der Waals surface area contributed by atoms with E-state index in [1.807, 2.05) is 32.2 Å². The Morgan fingerprint density at radius 1 is 1.23 bits per heavy atom. The lowest BCUT2D eigenvalue weighted by molar-refractivity contribution is 0.0720. The Balaban J connectivity index is 1.77. The Labute approximate surface area is 150 Å². The van der Waals surface area contributed by atoms with E-state index in [9.17, 15) is 9.59 Å². The molecule has 0 spiro atoms. The van der Waals surface area contributed by atoms with Crippen molar-refractivity contribution < 1.29 is 4.79 Å². The van der Waals surface area contributed by atoms with Crippen molar-refractivity contribution in [2.45, 2.75) is 25.8 Å². The van der Waals surface area contributed by atoms with Crippen LogP contribution in [0.2, 0.25) is 0 Å². The molecule has 0 N–H and O–H groups in total. The van der Waals surface area contributed by atoms with E-state index in [1.165, 1.54) is 0 Å². The number of nitrogens with zero attached hydrogens (tertiary/aromatic N) is 5. The Morgan fingerprint density at radius 2 is 2.00 bits per heavy atom. The molecule has 1 aliphatic heterocycles. The second-order valence-electron chi connectivity index (χ2n) is 6.80. The number of aromatic nitrogens is 4. The molecule has 1 unspecified atom stereocenters. The molecule has 0 radical (unpaired) electrons. The molecule has 1 amide bonds. The molecular weight excluding hydrogens is 330 g/mol. The van der Waals surface area contributed by atoms with Gasteiger partial charge in [-0.3, -0.25) is 18.8 Å². The van der Waals surface area contributed by atoms with Crippen LogP contribution in [0.15, 0.2) is 35.1 Å². The van der Waals surface area contributed by atoms with Crippen molar-refractivity contribution in [3.8, 4) is 0 Å². The fourth-order valence-electron chi connectivity index (χ4n) is 3.62. The molecule has 1 aliphatic rings. The summed E-state index contributed by atoms with van der Waals surface area (Å²) >= 11 is 0. The van der Waals surface area contributed by atoms with Crippen LogP contribution >= 0.6 is 0 Å². The number of carbonyl (C=O) groups is 1. The zero-order chi connectivity index (χ0) is 18.4. The van der Waals surface area contributed by atoms with Gasteiger partial charge in [-0.25, -0.2) is 4.98 Å². The summed E-state index contributed by atoms with van der Waals surface area (Å²) in [5.74, 6) is 0.519. The predicted molar refractivity (Wildman–Crippen MR) is 97.9 cm³/mol. The van der Waals surface area contributed by atoms with Crippen LogP contribution in [0.1, 0.15) is 40.9 Å². The number of hydrogen-bond donors (Lipinski definition) is 0. The Hall–Kier alpha value is -2.96. The molecule has 2 aromatic heterocycles. The molecule has 26 heavy (non-hydrogen) atoms. The average Bonchev–Trinajstić information content (AvgIpc) is 3.25. The van der Waals surface area contributed by atoms with Gasteiger partial charge < -0.3 is 4.90 Å². The van der Waals surface area contributed by atoms with E-state index in [0.29, 0.717) is 29.0 Å². The van der Waals surface area contributed by atoms with Crippen molar-refractivity contribution in [1.29, 1.82) is 0 Å². The van der Waals surface area contributed by atoms with Crippen molar-refractivity contribution in [1.82, 2.24) is 24.2 Å². The lowest BCUT2D eigenvalue weighted by Crippen LogP contribution is -2.35. The van der Waals surface area contributed by atoms with Gasteiger partial charge in [0.15, 0.2) is 5.69 Å². The molecule has 0 bridgehead atoms. The Bertz CT molecular complexity index is 1050. The highest BCUT2D eigenvalue weighted by molar-refractivity contribution is 5.93. The number of fused-ring (bicyclic) bond motifs is 1. The summed E-state index contributed by atoms with van der Waals surface area (Å²) in [6.07, 6.45) is 1.67. The molecule has 1 atom stereocenters. The number of hydrogen-bond acceptors (Lipinski definition) is 4. The standard InChI is InChI=1S/C19H21N5O2/c1-12-11-15(21-23(12)3)19(26)24-10-6-9-16(24)17-20-14-8-5-4-7-13(14)18(25)22(17)2/h4-5,7-8,11,16H,6,9-10H2,1-3H3. The minimum atomic E-state index is -0.216. The van der Waals surface area contributed by atoms with Gasteiger partial charge in [-0.05, 0) is 38.0 Å². The average molecular weight is 351 g/mol. The fourth-order valence-corrected chi connectivity index (χ4v) is 3.62. The lowest BCUT2D eigenvalue weighted by Gasteiger charge is -2.25. The van der Waals surface area contributed by atoms with Crippen LogP contribution < -0.4 is 5.56 Å². The van der Waals surface area contributed by atoms with Crippen LogP contribution in [0.5, 0.6) is 0 Å². The highest BCUT2D eigenvalue weighted by Crippen LogP contribution is 2.32. The Morgan fingerprint density at radius 3 is 2.73 bits per heavy atom. The summed E-state index contributed by atoms with van der Waals surface area (Å²) in [6.45, 7) is 2.56. The van der Waals surface area contributed by atoms with Crippen LogP contribution in [0.25, 0.3) is 10.9 Å². The van der Waals surface area contributed by atoms with E-state index in [1.54, 1.807) is 33.3 Å². The molecule has 1 fully saturated rings. The summed E-state index contributed by atoms with van der Waals surface area (Å²) in [6, 6.07) is 8.90.